The number of aromatic hydroxyl groups is 3. The molecule has 0 aliphatic carbocycles. The molecule has 12 aromatic rings. The molecule has 29 heteroatoms. The number of fused-ring (bicyclic) bond motifs is 3. The summed E-state index contributed by atoms with van der Waals surface area (Å²) in [6.07, 6.45) is 22.7. The number of aromatic nitrogens is 14. The van der Waals surface area contributed by atoms with E-state index in [-0.39, 0.29) is 17.2 Å². The van der Waals surface area contributed by atoms with E-state index in [1.807, 2.05) is 25.4 Å². The summed E-state index contributed by atoms with van der Waals surface area (Å²) >= 11 is 9.32. The van der Waals surface area contributed by atoms with E-state index in [4.69, 9.17) is 24.9 Å². The lowest BCUT2D eigenvalue weighted by molar-refractivity contribution is 0.221. The zero-order chi connectivity index (χ0) is 60.4. The van der Waals surface area contributed by atoms with E-state index in [2.05, 4.69) is 93.4 Å². The van der Waals surface area contributed by atoms with Crippen LogP contribution in [-0.2, 0) is 7.05 Å². The van der Waals surface area contributed by atoms with Gasteiger partial charge in [-0.1, -0.05) is 81.0 Å². The molecule has 3 saturated heterocycles. The first kappa shape index (κ1) is 59.4. The van der Waals surface area contributed by atoms with E-state index < -0.39 is 0 Å². The average Bonchev–Trinajstić information content (AvgIpc) is 2.24. The molecule has 456 valence electrons. The molecule has 3 aliphatic heterocycles. The molecule has 11 aromatic heterocycles. The van der Waals surface area contributed by atoms with Crippen LogP contribution in [0.4, 0.5) is 15.4 Å². The largest absolute Gasteiger partial charge is 0.507 e. The SMILES string of the molecule is CCN(c1nc2sc(-c3ncc(-c4cn[nH]c4)cc3O)nc2s1)C1CCNCC1.CCN1CCC(N(C)c2nc3sc(-c4ccc(-c5cnn(C)c5)cc4O)nc3s2)CC1.CN(c1nc2sc(-c3ncc(-n4ccnc4)cc3O)nc2s1)C1CCNCC1. The molecule has 1 aromatic carbocycles. The van der Waals surface area contributed by atoms with Gasteiger partial charge < -0.3 is 50.1 Å². The lowest BCUT2D eigenvalue weighted by Gasteiger charge is -2.36. The molecule has 0 atom stereocenters. The maximum absolute atomic E-state index is 10.6. The van der Waals surface area contributed by atoms with Crippen molar-refractivity contribution in [2.45, 2.75) is 70.5 Å². The van der Waals surface area contributed by atoms with E-state index in [0.717, 1.165) is 161 Å². The molecular weight excluding hydrogens is 1230 g/mol. The van der Waals surface area contributed by atoms with Crippen LogP contribution in [0.2, 0.25) is 0 Å². The van der Waals surface area contributed by atoms with E-state index in [1.54, 1.807) is 111 Å². The number of hydrogen-bond donors (Lipinski definition) is 6. The molecule has 23 nitrogen and oxygen atoms in total. The van der Waals surface area contributed by atoms with Crippen molar-refractivity contribution in [2.75, 3.05) is 81.2 Å². The van der Waals surface area contributed by atoms with Gasteiger partial charge in [0, 0.05) is 113 Å². The number of rotatable bonds is 14. The highest BCUT2D eigenvalue weighted by Crippen LogP contribution is 2.43. The molecule has 0 spiro atoms. The Labute approximate surface area is 531 Å². The van der Waals surface area contributed by atoms with E-state index in [9.17, 15) is 15.3 Å². The highest BCUT2D eigenvalue weighted by Gasteiger charge is 2.28. The molecule has 0 radical (unpaired) electrons. The fourth-order valence-corrected chi connectivity index (χ4v) is 17.6. The summed E-state index contributed by atoms with van der Waals surface area (Å²) in [5.74, 6) is 0.428. The number of phenols is 1. The quantitative estimate of drug-likeness (QED) is 0.0591. The maximum atomic E-state index is 10.6. The van der Waals surface area contributed by atoms with Crippen molar-refractivity contribution in [3.8, 4) is 77.2 Å². The fraction of sp³-hybridized carbons (Fsp3) is 0.373. The first-order valence-corrected chi connectivity index (χ1v) is 34.2. The lowest BCUT2D eigenvalue weighted by atomic mass is 10.0. The van der Waals surface area contributed by atoms with Crippen molar-refractivity contribution in [3.63, 3.8) is 0 Å². The van der Waals surface area contributed by atoms with Gasteiger partial charge in [0.25, 0.3) is 0 Å². The Morgan fingerprint density at radius 2 is 1.15 bits per heavy atom. The normalized spacial score (nSPS) is 15.4. The Morgan fingerprint density at radius 3 is 1.69 bits per heavy atom. The van der Waals surface area contributed by atoms with Gasteiger partial charge in [-0.15, -0.1) is 0 Å². The summed E-state index contributed by atoms with van der Waals surface area (Å²) in [5.41, 5.74) is 6.05. The minimum atomic E-state index is 0.0969. The number of nitrogens with one attached hydrogen (secondary N) is 3. The molecule has 0 bridgehead atoms. The highest BCUT2D eigenvalue weighted by molar-refractivity contribution is 7.31. The summed E-state index contributed by atoms with van der Waals surface area (Å²) < 4.78 is 3.55. The molecule has 3 fully saturated rings. The van der Waals surface area contributed by atoms with Crippen molar-refractivity contribution in [2.24, 2.45) is 7.05 Å². The minimum absolute atomic E-state index is 0.0969. The molecule has 0 saturated carbocycles. The summed E-state index contributed by atoms with van der Waals surface area (Å²) in [6.45, 7) is 13.0. The van der Waals surface area contributed by atoms with Crippen molar-refractivity contribution in [1.29, 1.82) is 0 Å². The number of benzene rings is 1. The molecule has 15 rings (SSSR count). The monoisotopic (exact) mass is 1290 g/mol. The van der Waals surface area contributed by atoms with Crippen LogP contribution in [0.3, 0.4) is 0 Å². The summed E-state index contributed by atoms with van der Waals surface area (Å²) in [6, 6.07) is 10.6. The Hall–Kier alpha value is -7.61. The summed E-state index contributed by atoms with van der Waals surface area (Å²) in [7, 11) is 6.15. The highest BCUT2D eigenvalue weighted by atomic mass is 32.1. The van der Waals surface area contributed by atoms with Gasteiger partial charge in [-0.2, -0.15) is 10.2 Å². The van der Waals surface area contributed by atoms with Gasteiger partial charge in [-0.05, 0) is 102 Å². The van der Waals surface area contributed by atoms with Crippen molar-refractivity contribution >= 4 is 112 Å². The number of thiazole rings is 6. The standard InChI is InChI=1S/C22H26N6OS2.C19H21N7OS2.C18H19N7OS2/c1-4-28-9-7-16(8-10-28)27(3)22-25-21-20(31-22)24-19(30-21)17-6-5-14(11-18(17)29)15-12-23-26(2)13-15;1-2-26(13-3-5-20-6-4-13)19-25-18-17(29-19)24-16(28-18)15-14(27)7-11(8-21-15)12-9-22-23-10-12;1-24(11-2-4-19-5-3-11)18-23-17-16(28-18)22-15(27-17)14-13(26)8-12(9-21-14)25-7-6-20-10-25/h5-6,11-13,16,29H,4,7-10H2,1-3H3;7-10,13,20,27H,2-6H2,1H3,(H,22,23);6-11,19,26H,2-5H2,1H3. The molecule has 6 N–H and O–H groups in total. The molecular formula is C59H66N20O3S6. The fourth-order valence-electron chi connectivity index (χ4n) is 11.2. The van der Waals surface area contributed by atoms with E-state index in [1.165, 1.54) is 46.9 Å². The van der Waals surface area contributed by atoms with Gasteiger partial charge in [0.2, 0.25) is 0 Å². The van der Waals surface area contributed by atoms with Gasteiger partial charge >= 0.3 is 0 Å². The number of piperidine rings is 3. The average molecular weight is 1300 g/mol. The predicted molar refractivity (Wildman–Crippen MR) is 356 cm³/mol. The number of hydrogen-bond acceptors (Lipinski definition) is 26. The first-order valence-electron chi connectivity index (χ1n) is 29.3. The molecule has 0 amide bonds. The van der Waals surface area contributed by atoms with Gasteiger partial charge in [-0.25, -0.2) is 44.9 Å². The van der Waals surface area contributed by atoms with Crippen molar-refractivity contribution in [3.05, 3.63) is 86.2 Å². The van der Waals surface area contributed by atoms with Crippen LogP contribution in [0, 0.1) is 0 Å². The maximum Gasteiger partial charge on any atom is 0.189 e. The Bertz CT molecular complexity index is 4180. The second-order valence-electron chi connectivity index (χ2n) is 21.8. The molecule has 14 heterocycles. The predicted octanol–water partition coefficient (Wildman–Crippen LogP) is 10.8. The second kappa shape index (κ2) is 26.2. The van der Waals surface area contributed by atoms with E-state index >= 15 is 0 Å². The number of nitrogens with zero attached hydrogens (tertiary/aromatic N) is 17. The van der Waals surface area contributed by atoms with Gasteiger partial charge in [0.15, 0.2) is 44.4 Å². The third-order valence-corrected chi connectivity index (χ3v) is 22.6. The van der Waals surface area contributed by atoms with Crippen LogP contribution in [0.15, 0.2) is 86.2 Å². The molecule has 3 aliphatic rings. The van der Waals surface area contributed by atoms with Crippen LogP contribution in [-0.4, -0.2) is 174 Å². The van der Waals surface area contributed by atoms with Gasteiger partial charge in [-0.3, -0.25) is 9.78 Å². The number of pyridine rings is 2. The first-order chi connectivity index (χ1) is 42.9. The Kier molecular flexibility index (Phi) is 17.7. The summed E-state index contributed by atoms with van der Waals surface area (Å²) in [4.78, 5) is 56.5. The Morgan fingerprint density at radius 1 is 0.580 bits per heavy atom. The number of anilines is 3. The minimum Gasteiger partial charge on any atom is -0.507 e. The Balaban J connectivity index is 0.000000122. The van der Waals surface area contributed by atoms with Crippen LogP contribution in [0.1, 0.15) is 52.4 Å². The van der Waals surface area contributed by atoms with Crippen LogP contribution in [0.25, 0.3) is 88.9 Å². The molecule has 0 unspecified atom stereocenters. The number of aryl methyl sites for hydroxylation is 1. The lowest BCUT2D eigenvalue weighted by Crippen LogP contribution is -2.43. The van der Waals surface area contributed by atoms with Crippen LogP contribution in [0.5, 0.6) is 17.2 Å². The van der Waals surface area contributed by atoms with Crippen molar-refractivity contribution < 1.29 is 15.3 Å². The van der Waals surface area contributed by atoms with Crippen LogP contribution >= 0.6 is 68.0 Å². The topological polar surface area (TPSA) is 265 Å². The van der Waals surface area contributed by atoms with E-state index in [0.29, 0.717) is 39.5 Å². The third-order valence-electron chi connectivity index (χ3n) is 16.3. The third kappa shape index (κ3) is 12.7. The number of imidazole rings is 1. The zero-order valence-corrected chi connectivity index (χ0v) is 54.0. The van der Waals surface area contributed by atoms with Gasteiger partial charge in [0.1, 0.15) is 43.7 Å². The molecule has 88 heavy (non-hydrogen) atoms. The number of phenolic OH excluding ortho intramolecular Hbond substituents is 1. The summed E-state index contributed by atoms with van der Waals surface area (Å²) in [5, 5.41) is 54.6. The number of aromatic amines is 1. The smallest absolute Gasteiger partial charge is 0.189 e. The number of likely N-dealkylation sites (tertiary alicyclic amines) is 1. The van der Waals surface area contributed by atoms with Crippen LogP contribution < -0.4 is 25.3 Å². The second-order valence-corrected chi connectivity index (χ2v) is 27.6. The van der Waals surface area contributed by atoms with Crippen molar-refractivity contribution in [1.82, 2.24) is 84.9 Å². The van der Waals surface area contributed by atoms with Gasteiger partial charge in [0.05, 0.1) is 36.2 Å². The number of H-pyrrole nitrogens is 1. The zero-order valence-electron chi connectivity index (χ0n) is 49.1.